The molecule has 2 aromatic rings. The summed E-state index contributed by atoms with van der Waals surface area (Å²) in [6.45, 7) is 14.4. The van der Waals surface area contributed by atoms with E-state index < -0.39 is 17.0 Å². The van der Waals surface area contributed by atoms with E-state index in [0.717, 1.165) is 17.5 Å². The molecular weight excluding hydrogens is 540 g/mol. The number of allylic oxidation sites excluding steroid dienone is 2. The summed E-state index contributed by atoms with van der Waals surface area (Å²) in [6, 6.07) is 17.1. The van der Waals surface area contributed by atoms with Crippen LogP contribution in [0.3, 0.4) is 0 Å². The van der Waals surface area contributed by atoms with Gasteiger partial charge in [-0.2, -0.15) is 0 Å². The van der Waals surface area contributed by atoms with Crippen LogP contribution in [0.4, 0.5) is 4.79 Å². The molecule has 0 saturated carbocycles. The molecule has 1 aliphatic carbocycles. The normalized spacial score (nSPS) is 23.0. The van der Waals surface area contributed by atoms with Gasteiger partial charge in [0.1, 0.15) is 5.60 Å². The van der Waals surface area contributed by atoms with Crippen LogP contribution in [0, 0.1) is 10.8 Å². The summed E-state index contributed by atoms with van der Waals surface area (Å²) < 4.78 is 5.63. The van der Waals surface area contributed by atoms with Crippen molar-refractivity contribution in [3.8, 4) is 0 Å². The van der Waals surface area contributed by atoms with Gasteiger partial charge in [-0.1, -0.05) is 81.0 Å². The molecule has 0 radical (unpaired) electrons. The van der Waals surface area contributed by atoms with Crippen molar-refractivity contribution in [1.82, 2.24) is 9.80 Å². The molecule has 1 fully saturated rings. The maximum Gasteiger partial charge on any atom is 0.410 e. The summed E-state index contributed by atoms with van der Waals surface area (Å²) in [4.78, 5) is 42.6. The van der Waals surface area contributed by atoms with Gasteiger partial charge in [0.15, 0.2) is 0 Å². The number of hydrogen-bond acceptors (Lipinski definition) is 4. The van der Waals surface area contributed by atoms with Gasteiger partial charge in [-0.05, 0) is 68.9 Å². The molecule has 2 amide bonds. The van der Waals surface area contributed by atoms with Crippen LogP contribution in [0.25, 0.3) is 5.57 Å². The van der Waals surface area contributed by atoms with Crippen LogP contribution < -0.4 is 0 Å². The third-order valence-electron chi connectivity index (χ3n) is 9.54. The molecule has 7 heteroatoms. The number of piperidine rings is 1. The van der Waals surface area contributed by atoms with E-state index >= 15 is 0 Å². The minimum atomic E-state index is -0.931. The molecule has 2 aromatic carbocycles. The molecule has 2 aliphatic heterocycles. The summed E-state index contributed by atoms with van der Waals surface area (Å²) in [5, 5.41) is 9.33. The van der Waals surface area contributed by atoms with E-state index in [1.165, 1.54) is 11.1 Å². The Kier molecular flexibility index (Phi) is 7.82. The van der Waals surface area contributed by atoms with E-state index in [1.54, 1.807) is 17.0 Å². The standard InChI is InChI=1S/C36H44N2O5/c1-33(2,3)43-32(42)37-22-19-36(20-23-37,27-10-8-7-9-11-27)31(41)38-21-17-29-34(4,5)28(16-18-35(29,6)24-38)25-12-14-26(15-13-25)30(39)40/h7-17H,18-24H2,1-6H3,(H,39,40)/t35-/m1/s1. The average Bonchev–Trinajstić information content (AvgIpc) is 2.96. The van der Waals surface area contributed by atoms with E-state index in [-0.39, 0.29) is 28.4 Å². The number of carbonyl (C=O) groups excluding carboxylic acids is 2. The van der Waals surface area contributed by atoms with Gasteiger partial charge in [0.25, 0.3) is 0 Å². The van der Waals surface area contributed by atoms with Gasteiger partial charge in [0, 0.05) is 37.0 Å². The lowest BCUT2D eigenvalue weighted by molar-refractivity contribution is -0.140. The second kappa shape index (κ2) is 11.0. The number of benzene rings is 2. The fourth-order valence-electron chi connectivity index (χ4n) is 7.44. The van der Waals surface area contributed by atoms with Crippen LogP contribution in [0.5, 0.6) is 0 Å². The number of rotatable bonds is 4. The topological polar surface area (TPSA) is 87.2 Å². The Labute approximate surface area is 255 Å². The second-order valence-corrected chi connectivity index (χ2v) is 14.1. The SMILES string of the molecule is CC(C)(C)OC(=O)N1CCC(C(=O)N2CC=C3C(C)(C)C(c4ccc(C(=O)O)cc4)=CC[C@]3(C)C2)(c2ccccc2)CC1. The van der Waals surface area contributed by atoms with Gasteiger partial charge in [0.2, 0.25) is 5.91 Å². The highest BCUT2D eigenvalue weighted by atomic mass is 16.6. The lowest BCUT2D eigenvalue weighted by atomic mass is 9.58. The third kappa shape index (κ3) is 5.74. The highest BCUT2D eigenvalue weighted by Crippen LogP contribution is 2.55. The summed E-state index contributed by atoms with van der Waals surface area (Å²) in [5.74, 6) is -0.810. The maximum atomic E-state index is 14.6. The highest BCUT2D eigenvalue weighted by molar-refractivity contribution is 5.90. The number of carbonyl (C=O) groups is 3. The number of carboxylic acid groups (broad SMARTS) is 1. The second-order valence-electron chi connectivity index (χ2n) is 14.1. The van der Waals surface area contributed by atoms with Crippen LogP contribution in [0.15, 0.2) is 72.3 Å². The molecule has 1 saturated heterocycles. The van der Waals surface area contributed by atoms with Crippen molar-refractivity contribution in [2.75, 3.05) is 26.2 Å². The number of hydrogen-bond donors (Lipinski definition) is 1. The monoisotopic (exact) mass is 584 g/mol. The van der Waals surface area contributed by atoms with Gasteiger partial charge in [-0.15, -0.1) is 0 Å². The molecule has 7 nitrogen and oxygen atoms in total. The fourth-order valence-corrected chi connectivity index (χ4v) is 7.44. The molecule has 1 atom stereocenters. The van der Waals surface area contributed by atoms with E-state index in [1.807, 2.05) is 68.1 Å². The lowest BCUT2D eigenvalue weighted by Crippen LogP contribution is -2.57. The van der Waals surface area contributed by atoms with Crippen molar-refractivity contribution < 1.29 is 24.2 Å². The first-order chi connectivity index (χ1) is 20.2. The van der Waals surface area contributed by atoms with Gasteiger partial charge in [0.05, 0.1) is 11.0 Å². The number of fused-ring (bicyclic) bond motifs is 1. The van der Waals surface area contributed by atoms with Crippen LogP contribution >= 0.6 is 0 Å². The van der Waals surface area contributed by atoms with E-state index in [0.29, 0.717) is 39.0 Å². The molecule has 228 valence electrons. The number of ether oxygens (including phenoxy) is 1. The maximum absolute atomic E-state index is 14.6. The smallest absolute Gasteiger partial charge is 0.410 e. The van der Waals surface area contributed by atoms with Crippen LogP contribution in [-0.4, -0.2) is 64.7 Å². The Bertz CT molecular complexity index is 1460. The molecule has 0 aromatic heterocycles. The molecule has 0 unspecified atom stereocenters. The van der Waals surface area contributed by atoms with E-state index in [9.17, 15) is 19.5 Å². The third-order valence-corrected chi connectivity index (χ3v) is 9.54. The summed E-state index contributed by atoms with van der Waals surface area (Å²) in [5.41, 5.74) is 3.02. The van der Waals surface area contributed by atoms with Crippen molar-refractivity contribution in [2.45, 2.75) is 71.8 Å². The van der Waals surface area contributed by atoms with E-state index in [4.69, 9.17) is 4.74 Å². The summed E-state index contributed by atoms with van der Waals surface area (Å²) in [7, 11) is 0. The molecule has 1 N–H and O–H groups in total. The van der Waals surface area contributed by atoms with E-state index in [2.05, 4.69) is 32.9 Å². The number of carboxylic acids is 1. The van der Waals surface area contributed by atoms with Crippen molar-refractivity contribution >= 4 is 23.5 Å². The Hall–Kier alpha value is -3.87. The number of aromatic carboxylic acids is 1. The average molecular weight is 585 g/mol. The van der Waals surface area contributed by atoms with Crippen LogP contribution in [0.2, 0.25) is 0 Å². The molecule has 0 bridgehead atoms. The molecule has 0 spiro atoms. The zero-order valence-electron chi connectivity index (χ0n) is 26.3. The van der Waals surface area contributed by atoms with Crippen molar-refractivity contribution in [3.05, 3.63) is 89.0 Å². The quantitative estimate of drug-likeness (QED) is 0.394. The van der Waals surface area contributed by atoms with Gasteiger partial charge in [-0.3, -0.25) is 4.79 Å². The van der Waals surface area contributed by atoms with Crippen molar-refractivity contribution in [1.29, 1.82) is 0 Å². The molecule has 5 rings (SSSR count). The predicted octanol–water partition coefficient (Wildman–Crippen LogP) is 6.94. The first kappa shape index (κ1) is 30.6. The van der Waals surface area contributed by atoms with Gasteiger partial charge >= 0.3 is 12.1 Å². The van der Waals surface area contributed by atoms with Crippen LogP contribution in [-0.2, 0) is 14.9 Å². The molecule has 2 heterocycles. The molecular formula is C36H44N2O5. The largest absolute Gasteiger partial charge is 0.478 e. The Morgan fingerprint density at radius 1 is 0.860 bits per heavy atom. The zero-order valence-corrected chi connectivity index (χ0v) is 26.3. The van der Waals surface area contributed by atoms with Crippen molar-refractivity contribution in [2.24, 2.45) is 10.8 Å². The minimum absolute atomic E-state index is 0.121. The first-order valence-electron chi connectivity index (χ1n) is 15.2. The summed E-state index contributed by atoms with van der Waals surface area (Å²) >= 11 is 0. The number of likely N-dealkylation sites (tertiary alicyclic amines) is 1. The lowest BCUT2D eigenvalue weighted by Gasteiger charge is -2.52. The molecule has 3 aliphatic rings. The zero-order chi connectivity index (χ0) is 31.2. The first-order valence-corrected chi connectivity index (χ1v) is 15.2. The summed E-state index contributed by atoms with van der Waals surface area (Å²) in [6.07, 6.45) is 6.06. The number of amides is 2. The van der Waals surface area contributed by atoms with Gasteiger partial charge < -0.3 is 19.6 Å². The molecule has 43 heavy (non-hydrogen) atoms. The minimum Gasteiger partial charge on any atom is -0.478 e. The Balaban J connectivity index is 1.40. The highest BCUT2D eigenvalue weighted by Gasteiger charge is 2.51. The van der Waals surface area contributed by atoms with Gasteiger partial charge in [-0.25, -0.2) is 9.59 Å². The fraction of sp³-hybridized carbons (Fsp3) is 0.472. The van der Waals surface area contributed by atoms with Crippen LogP contribution in [0.1, 0.15) is 82.3 Å². The number of nitrogens with zero attached hydrogens (tertiary/aromatic N) is 2. The Morgan fingerprint density at radius 2 is 1.49 bits per heavy atom. The van der Waals surface area contributed by atoms with Crippen molar-refractivity contribution in [3.63, 3.8) is 0 Å². The Morgan fingerprint density at radius 3 is 2.07 bits per heavy atom. The predicted molar refractivity (Wildman–Crippen MR) is 168 cm³/mol.